The number of benzene rings is 5. The van der Waals surface area contributed by atoms with Gasteiger partial charge in [0.1, 0.15) is 10.7 Å². The summed E-state index contributed by atoms with van der Waals surface area (Å²) >= 11 is 7.62. The van der Waals surface area contributed by atoms with Crippen molar-refractivity contribution in [2.75, 3.05) is 77.7 Å². The van der Waals surface area contributed by atoms with Crippen LogP contribution in [0.5, 0.6) is 0 Å². The van der Waals surface area contributed by atoms with Gasteiger partial charge in [0.05, 0.1) is 27.3 Å². The van der Waals surface area contributed by atoms with Gasteiger partial charge in [-0.05, 0) is 136 Å². The molecule has 426 valence electrons. The topological polar surface area (TPSA) is 208 Å². The first-order chi connectivity index (χ1) is 37.1. The molecule has 0 aliphatic carbocycles. The number of hydrogen-bond donors (Lipinski definition) is 4. The van der Waals surface area contributed by atoms with E-state index in [2.05, 4.69) is 10.0 Å². The van der Waals surface area contributed by atoms with Crippen molar-refractivity contribution in [3.8, 4) is 22.4 Å². The Kier molecular flexibility index (Phi) is 18.3. The second-order valence-corrected chi connectivity index (χ2v) is 28.0. The summed E-state index contributed by atoms with van der Waals surface area (Å²) in [6.07, 6.45) is 1.43. The number of nitrogens with one attached hydrogen (secondary N) is 2. The van der Waals surface area contributed by atoms with Crippen LogP contribution >= 0.6 is 31.2 Å². The molecule has 2 aliphatic rings. The molecule has 2 saturated heterocycles. The standard InChI is InChI=1S/C53H60ClF4N6O10PS4/c1-35(2)64-36(3)52(77(4,68)69)50(51(64)37-10-12-39(54)13-11-37)38-30-40(55)32-44(31-38)63-28-26-62(27-29-63)43-16-14-41(15-17-43)60-79(72,73)47-18-19-48(49(33-47)78(70,71)53(56,57)58)59-42(34-76-46-8-6-5-7-9-46)20-23-61-24-21-45(22-25-61)74-75(65,66)67/h5-19,30-33,35,42,45,59-60H,20-29,34H2,1-4H3,(H2,65,66,67). The summed E-state index contributed by atoms with van der Waals surface area (Å²) < 4.78 is 161. The number of aromatic nitrogens is 1. The second-order valence-electron chi connectivity index (χ2n) is 19.7. The van der Waals surface area contributed by atoms with Crippen molar-refractivity contribution in [2.24, 2.45) is 0 Å². The lowest BCUT2D eigenvalue weighted by atomic mass is 9.99. The number of piperidine rings is 1. The summed E-state index contributed by atoms with van der Waals surface area (Å²) in [5, 5.41) is 3.47. The molecule has 3 heterocycles. The number of phosphoric acid groups is 1. The SMILES string of the molecule is Cc1c(S(C)(=O)=O)c(-c2cc(F)cc(N3CCN(c4ccc(NS(=O)(=O)c5ccc(NC(CCN6CCC(OP(=O)(O)O)CC6)CSc6ccccc6)c(S(=O)(=O)C(F)(F)F)c5)cc4)CC3)c2)c(-c2ccc(Cl)cc2)n1C(C)C. The third-order valence-corrected chi connectivity index (χ3v) is 19.9. The number of sulfone groups is 2. The van der Waals surface area contributed by atoms with E-state index in [0.717, 1.165) is 23.3 Å². The number of phosphoric ester groups is 1. The van der Waals surface area contributed by atoms with Gasteiger partial charge < -0.3 is 34.4 Å². The number of likely N-dealkylation sites (tertiary alicyclic amines) is 1. The van der Waals surface area contributed by atoms with E-state index < -0.39 is 76.5 Å². The molecule has 1 atom stereocenters. The maximum Gasteiger partial charge on any atom is 0.501 e. The van der Waals surface area contributed by atoms with Crippen LogP contribution in [-0.2, 0) is 38.8 Å². The number of thioether (sulfide) groups is 1. The summed E-state index contributed by atoms with van der Waals surface area (Å²) in [4.78, 5) is 23.4. The Morgan fingerprint density at radius 3 is 2.00 bits per heavy atom. The molecule has 0 spiro atoms. The normalized spacial score (nSPS) is 15.9. The Labute approximate surface area is 467 Å². The number of alkyl halides is 3. The van der Waals surface area contributed by atoms with E-state index >= 15 is 4.39 Å². The maximum atomic E-state index is 15.8. The van der Waals surface area contributed by atoms with Crippen LogP contribution in [0.15, 0.2) is 135 Å². The molecule has 79 heavy (non-hydrogen) atoms. The smallest absolute Gasteiger partial charge is 0.380 e. The zero-order valence-electron chi connectivity index (χ0n) is 43.4. The molecule has 6 aromatic rings. The van der Waals surface area contributed by atoms with Crippen LogP contribution < -0.4 is 19.8 Å². The number of nitrogens with zero attached hydrogens (tertiary/aromatic N) is 4. The molecule has 1 aromatic heterocycles. The fourth-order valence-electron chi connectivity index (χ4n) is 10.1. The first-order valence-corrected chi connectivity index (χ1v) is 32.8. The number of hydrogen-bond acceptors (Lipinski definition) is 13. The molecule has 0 radical (unpaired) electrons. The molecule has 4 N–H and O–H groups in total. The van der Waals surface area contributed by atoms with Gasteiger partial charge in [-0.2, -0.15) is 13.2 Å². The summed E-state index contributed by atoms with van der Waals surface area (Å²) in [6, 6.07) is 28.6. The molecular formula is C53H60ClF4N6O10PS4. The van der Waals surface area contributed by atoms with Crippen molar-refractivity contribution < 1.29 is 61.7 Å². The quantitative estimate of drug-likeness (QED) is 0.0319. The molecule has 0 amide bonds. The van der Waals surface area contributed by atoms with E-state index in [1.54, 1.807) is 49.4 Å². The van der Waals surface area contributed by atoms with E-state index in [0.29, 0.717) is 116 Å². The van der Waals surface area contributed by atoms with Crippen LogP contribution in [0.1, 0.15) is 44.8 Å². The van der Waals surface area contributed by atoms with Crippen molar-refractivity contribution in [3.05, 3.63) is 132 Å². The number of anilines is 4. The van der Waals surface area contributed by atoms with Gasteiger partial charge in [-0.15, -0.1) is 11.8 Å². The van der Waals surface area contributed by atoms with Crippen molar-refractivity contribution in [3.63, 3.8) is 0 Å². The van der Waals surface area contributed by atoms with E-state index in [9.17, 15) is 52.8 Å². The van der Waals surface area contributed by atoms with Gasteiger partial charge in [0, 0.05) is 108 Å². The Bertz CT molecular complexity index is 3540. The first-order valence-electron chi connectivity index (χ1n) is 25.1. The minimum Gasteiger partial charge on any atom is -0.380 e. The van der Waals surface area contributed by atoms with Gasteiger partial charge in [-0.3, -0.25) is 9.25 Å². The molecule has 16 nitrogen and oxygen atoms in total. The number of halogens is 5. The summed E-state index contributed by atoms with van der Waals surface area (Å²) in [5.41, 5.74) is -2.37. The Morgan fingerprint density at radius 1 is 0.797 bits per heavy atom. The predicted molar refractivity (Wildman–Crippen MR) is 302 cm³/mol. The third kappa shape index (κ3) is 14.5. The lowest BCUT2D eigenvalue weighted by molar-refractivity contribution is -0.0436. The van der Waals surface area contributed by atoms with Crippen LogP contribution in [0.25, 0.3) is 22.4 Å². The van der Waals surface area contributed by atoms with E-state index in [4.69, 9.17) is 16.1 Å². The van der Waals surface area contributed by atoms with Crippen molar-refractivity contribution in [1.82, 2.24) is 9.47 Å². The zero-order chi connectivity index (χ0) is 57.2. The van der Waals surface area contributed by atoms with E-state index in [-0.39, 0.29) is 22.4 Å². The molecule has 0 saturated carbocycles. The Morgan fingerprint density at radius 2 is 1.42 bits per heavy atom. The average molecular weight is 1210 g/mol. The number of piperazine rings is 1. The van der Waals surface area contributed by atoms with Crippen molar-refractivity contribution in [1.29, 1.82) is 0 Å². The molecular weight excluding hydrogens is 1150 g/mol. The third-order valence-electron chi connectivity index (χ3n) is 13.7. The molecule has 8 rings (SSSR count). The fraction of sp³-hybridized carbons (Fsp3) is 0.358. The van der Waals surface area contributed by atoms with Crippen LogP contribution in [0, 0.1) is 12.7 Å². The summed E-state index contributed by atoms with van der Waals surface area (Å²) in [7, 11) is -19.3. The van der Waals surface area contributed by atoms with E-state index in [1.165, 1.54) is 36.0 Å². The van der Waals surface area contributed by atoms with Gasteiger partial charge in [0.2, 0.25) is 0 Å². The predicted octanol–water partition coefficient (Wildman–Crippen LogP) is 10.9. The maximum absolute atomic E-state index is 15.8. The van der Waals surface area contributed by atoms with Crippen molar-refractivity contribution >= 4 is 83.6 Å². The lowest BCUT2D eigenvalue weighted by Crippen LogP contribution is -2.46. The van der Waals surface area contributed by atoms with Crippen molar-refractivity contribution in [2.45, 2.75) is 83.3 Å². The van der Waals surface area contributed by atoms with E-state index in [1.807, 2.05) is 63.4 Å². The molecule has 5 aromatic carbocycles. The molecule has 26 heteroatoms. The first kappa shape index (κ1) is 60.0. The largest absolute Gasteiger partial charge is 0.501 e. The molecule has 1 unspecified atom stereocenters. The van der Waals surface area contributed by atoms with Gasteiger partial charge >= 0.3 is 13.3 Å². The Hall–Kier alpha value is -5.14. The molecule has 2 aliphatic heterocycles. The molecule has 0 bridgehead atoms. The second kappa shape index (κ2) is 24.1. The highest BCUT2D eigenvalue weighted by Crippen LogP contribution is 2.45. The van der Waals surface area contributed by atoms with Crippen LogP contribution in [-0.4, -0.2) is 120 Å². The fourth-order valence-corrected chi connectivity index (χ4v) is 15.1. The lowest BCUT2D eigenvalue weighted by Gasteiger charge is -2.37. The highest BCUT2D eigenvalue weighted by atomic mass is 35.5. The monoisotopic (exact) mass is 1210 g/mol. The van der Waals surface area contributed by atoms with Gasteiger partial charge in [-0.1, -0.05) is 41.9 Å². The highest BCUT2D eigenvalue weighted by Gasteiger charge is 2.48. The van der Waals surface area contributed by atoms with Gasteiger partial charge in [-0.25, -0.2) is 34.2 Å². The summed E-state index contributed by atoms with van der Waals surface area (Å²) in [5.74, 6) is -0.291. The number of sulfonamides is 1. The minimum atomic E-state index is -6.12. The van der Waals surface area contributed by atoms with Crippen LogP contribution in [0.3, 0.4) is 0 Å². The Balaban J connectivity index is 0.976. The van der Waals surface area contributed by atoms with Gasteiger partial charge in [0.15, 0.2) is 9.84 Å². The van der Waals surface area contributed by atoms with Gasteiger partial charge in [0.25, 0.3) is 19.9 Å². The minimum absolute atomic E-state index is 0.0420. The van der Waals surface area contributed by atoms with Crippen LogP contribution in [0.2, 0.25) is 5.02 Å². The average Bonchev–Trinajstić information content (AvgIpc) is 3.98. The number of rotatable bonds is 20. The molecule has 2 fully saturated rings. The van der Waals surface area contributed by atoms with Crippen LogP contribution in [0.4, 0.5) is 40.3 Å². The zero-order valence-corrected chi connectivity index (χ0v) is 48.3. The highest BCUT2D eigenvalue weighted by molar-refractivity contribution is 7.99. The summed E-state index contributed by atoms with van der Waals surface area (Å²) in [6.45, 7) is 8.58.